The fraction of sp³-hybridized carbons (Fsp3) is 0.571. The van der Waals surface area contributed by atoms with Crippen molar-refractivity contribution in [2.24, 2.45) is 5.41 Å². The first kappa shape index (κ1) is 26.0. The van der Waals surface area contributed by atoms with Gasteiger partial charge in [0.05, 0.1) is 13.0 Å². The molecule has 6 nitrogen and oxygen atoms in total. The molecule has 0 atom stereocenters. The Morgan fingerprint density at radius 3 is 2.59 bits per heavy atom. The fourth-order valence-corrected chi connectivity index (χ4v) is 5.37. The summed E-state index contributed by atoms with van der Waals surface area (Å²) in [5.41, 5.74) is 3.73. The van der Waals surface area contributed by atoms with Gasteiger partial charge >= 0.3 is 5.97 Å². The van der Waals surface area contributed by atoms with Gasteiger partial charge < -0.3 is 14.5 Å². The lowest BCUT2D eigenvalue weighted by molar-refractivity contribution is -0.156. The first-order valence-electron chi connectivity index (χ1n) is 12.6. The topological polar surface area (TPSA) is 59.1 Å². The van der Waals surface area contributed by atoms with Crippen molar-refractivity contribution in [1.29, 1.82) is 0 Å². The standard InChI is InChI=1S/C28H40N2O4/c1-4-17-33-27(32)19-28(15-8-5-9-16-28)21-30(22-31)34-25-13-10-12-23(18-25)26-14-7-6-11-24(26)20-29(2)3/h4,10,12-13,18,22H,1,5-9,11,14-17,19-21H2,2-3H3. The highest BCUT2D eigenvalue weighted by Crippen LogP contribution is 2.40. The van der Waals surface area contributed by atoms with Crippen LogP contribution in [0.1, 0.15) is 69.8 Å². The number of ether oxygens (including phenoxy) is 1. The van der Waals surface area contributed by atoms with E-state index in [4.69, 9.17) is 9.57 Å². The number of benzene rings is 1. The average Bonchev–Trinajstić information content (AvgIpc) is 2.83. The number of hydroxylamine groups is 2. The third-order valence-corrected chi connectivity index (χ3v) is 6.90. The summed E-state index contributed by atoms with van der Waals surface area (Å²) in [5, 5.41) is 1.36. The van der Waals surface area contributed by atoms with Gasteiger partial charge in [-0.3, -0.25) is 9.59 Å². The zero-order chi connectivity index (χ0) is 24.4. The van der Waals surface area contributed by atoms with E-state index >= 15 is 0 Å². The Morgan fingerprint density at radius 1 is 1.12 bits per heavy atom. The molecule has 0 aliphatic heterocycles. The summed E-state index contributed by atoms with van der Waals surface area (Å²) in [7, 11) is 4.21. The molecule has 0 heterocycles. The second-order valence-electron chi connectivity index (χ2n) is 10.0. The van der Waals surface area contributed by atoms with Crippen molar-refractivity contribution in [3.05, 3.63) is 48.1 Å². The summed E-state index contributed by atoms with van der Waals surface area (Å²) in [5.74, 6) is 0.402. The predicted molar refractivity (Wildman–Crippen MR) is 135 cm³/mol. The Kier molecular flexibility index (Phi) is 9.75. The Hall–Kier alpha value is -2.60. The minimum absolute atomic E-state index is 0.210. The lowest BCUT2D eigenvalue weighted by Crippen LogP contribution is -2.42. The summed E-state index contributed by atoms with van der Waals surface area (Å²) in [6.45, 7) is 5.15. The zero-order valence-corrected chi connectivity index (χ0v) is 20.9. The molecular weight excluding hydrogens is 428 g/mol. The van der Waals surface area contributed by atoms with E-state index in [0.717, 1.165) is 57.9 Å². The minimum atomic E-state index is -0.320. The normalized spacial score (nSPS) is 17.9. The second-order valence-corrected chi connectivity index (χ2v) is 10.0. The number of amides is 1. The molecule has 0 spiro atoms. The highest BCUT2D eigenvalue weighted by Gasteiger charge is 2.37. The van der Waals surface area contributed by atoms with Crippen molar-refractivity contribution in [3.63, 3.8) is 0 Å². The van der Waals surface area contributed by atoms with Gasteiger partial charge in [-0.2, -0.15) is 5.06 Å². The van der Waals surface area contributed by atoms with Crippen LogP contribution in [0, 0.1) is 5.41 Å². The van der Waals surface area contributed by atoms with Crippen molar-refractivity contribution in [1.82, 2.24) is 9.96 Å². The van der Waals surface area contributed by atoms with Crippen LogP contribution in [0.5, 0.6) is 5.75 Å². The van der Waals surface area contributed by atoms with E-state index in [0.29, 0.717) is 12.3 Å². The van der Waals surface area contributed by atoms with E-state index in [1.54, 1.807) is 6.08 Å². The first-order valence-corrected chi connectivity index (χ1v) is 12.6. The van der Waals surface area contributed by atoms with Crippen LogP contribution in [-0.2, 0) is 14.3 Å². The maximum atomic E-state index is 12.4. The van der Waals surface area contributed by atoms with E-state index in [-0.39, 0.29) is 24.4 Å². The van der Waals surface area contributed by atoms with Gasteiger partial charge in [0.25, 0.3) is 0 Å². The van der Waals surface area contributed by atoms with Gasteiger partial charge in [0.15, 0.2) is 5.75 Å². The van der Waals surface area contributed by atoms with E-state index in [1.165, 1.54) is 34.6 Å². The molecule has 1 fully saturated rings. The molecule has 0 saturated heterocycles. The van der Waals surface area contributed by atoms with Crippen LogP contribution >= 0.6 is 0 Å². The Labute approximate surface area is 204 Å². The highest BCUT2D eigenvalue weighted by atomic mass is 16.7. The van der Waals surface area contributed by atoms with Gasteiger partial charge in [0.1, 0.15) is 6.61 Å². The molecule has 1 aromatic carbocycles. The van der Waals surface area contributed by atoms with Crippen molar-refractivity contribution >= 4 is 18.0 Å². The maximum Gasteiger partial charge on any atom is 0.306 e. The van der Waals surface area contributed by atoms with Gasteiger partial charge in [-0.05, 0) is 75.9 Å². The predicted octanol–water partition coefficient (Wildman–Crippen LogP) is 5.40. The molecule has 1 saturated carbocycles. The number of nitrogens with zero attached hydrogens (tertiary/aromatic N) is 2. The maximum absolute atomic E-state index is 12.4. The number of likely N-dealkylation sites (N-methyl/N-ethyl adjacent to an activating group) is 1. The van der Waals surface area contributed by atoms with Gasteiger partial charge in [-0.1, -0.05) is 49.6 Å². The summed E-state index contributed by atoms with van der Waals surface area (Å²) >= 11 is 0. The average molecular weight is 469 g/mol. The molecule has 0 radical (unpaired) electrons. The molecule has 0 N–H and O–H groups in total. The number of hydrogen-bond acceptors (Lipinski definition) is 5. The van der Waals surface area contributed by atoms with Crippen molar-refractivity contribution < 1.29 is 19.2 Å². The van der Waals surface area contributed by atoms with Crippen LogP contribution in [0.4, 0.5) is 0 Å². The van der Waals surface area contributed by atoms with Crippen LogP contribution in [0.2, 0.25) is 0 Å². The van der Waals surface area contributed by atoms with E-state index in [1.807, 2.05) is 18.2 Å². The smallest absolute Gasteiger partial charge is 0.306 e. The van der Waals surface area contributed by atoms with Crippen molar-refractivity contribution in [3.8, 4) is 5.75 Å². The Morgan fingerprint density at radius 2 is 1.88 bits per heavy atom. The van der Waals surface area contributed by atoms with Crippen molar-refractivity contribution in [2.75, 3.05) is 33.8 Å². The van der Waals surface area contributed by atoms with E-state index in [9.17, 15) is 9.59 Å². The molecule has 0 aromatic heterocycles. The third kappa shape index (κ3) is 7.45. The third-order valence-electron chi connectivity index (χ3n) is 6.90. The second kappa shape index (κ2) is 12.7. The quantitative estimate of drug-likeness (QED) is 0.178. The number of carbonyl (C=O) groups is 2. The Bertz CT molecular complexity index is 871. The monoisotopic (exact) mass is 468 g/mol. The zero-order valence-electron chi connectivity index (χ0n) is 20.9. The van der Waals surface area contributed by atoms with Crippen LogP contribution in [0.25, 0.3) is 5.57 Å². The van der Waals surface area contributed by atoms with Crippen LogP contribution in [0.3, 0.4) is 0 Å². The molecular formula is C28H40N2O4. The Balaban J connectivity index is 1.75. The van der Waals surface area contributed by atoms with Crippen LogP contribution < -0.4 is 4.84 Å². The SMILES string of the molecule is C=CCOC(=O)CC1(CN(C=O)Oc2cccc(C3=C(CN(C)C)CCCC3)c2)CCCCC1. The van der Waals surface area contributed by atoms with Crippen LogP contribution in [-0.4, -0.2) is 56.1 Å². The highest BCUT2D eigenvalue weighted by molar-refractivity contribution is 5.71. The van der Waals surface area contributed by atoms with E-state index in [2.05, 4.69) is 31.6 Å². The molecule has 3 rings (SSSR count). The fourth-order valence-electron chi connectivity index (χ4n) is 5.37. The molecule has 0 unspecified atom stereocenters. The summed E-state index contributed by atoms with van der Waals surface area (Å²) < 4.78 is 5.26. The first-order chi connectivity index (χ1) is 16.4. The molecule has 34 heavy (non-hydrogen) atoms. The van der Waals surface area contributed by atoms with Crippen LogP contribution in [0.15, 0.2) is 42.5 Å². The molecule has 0 bridgehead atoms. The molecule has 2 aliphatic rings. The van der Waals surface area contributed by atoms with Crippen molar-refractivity contribution in [2.45, 2.75) is 64.2 Å². The number of esters is 1. The van der Waals surface area contributed by atoms with Gasteiger partial charge in [0.2, 0.25) is 6.41 Å². The van der Waals surface area contributed by atoms with Gasteiger partial charge in [0, 0.05) is 12.0 Å². The van der Waals surface area contributed by atoms with E-state index < -0.39 is 0 Å². The minimum Gasteiger partial charge on any atom is -0.461 e. The molecule has 6 heteroatoms. The summed E-state index contributed by atoms with van der Waals surface area (Å²) in [6.07, 6.45) is 12.2. The molecule has 186 valence electrons. The summed E-state index contributed by atoms with van der Waals surface area (Å²) in [6, 6.07) is 8.05. The lowest BCUT2D eigenvalue weighted by atomic mass is 9.71. The lowest BCUT2D eigenvalue weighted by Gasteiger charge is -2.38. The van der Waals surface area contributed by atoms with Gasteiger partial charge in [-0.25, -0.2) is 0 Å². The number of carbonyl (C=O) groups excluding carboxylic acids is 2. The molecule has 1 aromatic rings. The summed E-state index contributed by atoms with van der Waals surface area (Å²) in [4.78, 5) is 32.7. The molecule has 1 amide bonds. The van der Waals surface area contributed by atoms with Gasteiger partial charge in [-0.15, -0.1) is 0 Å². The number of rotatable bonds is 12. The number of allylic oxidation sites excluding steroid dienone is 1. The number of hydrogen-bond donors (Lipinski definition) is 0. The molecule has 2 aliphatic carbocycles. The largest absolute Gasteiger partial charge is 0.461 e.